The molecule has 5 heteroatoms. The predicted molar refractivity (Wildman–Crippen MR) is 84.8 cm³/mol. The van der Waals surface area contributed by atoms with Gasteiger partial charge in [0.2, 0.25) is 0 Å². The maximum absolute atomic E-state index is 13.3. The highest BCUT2D eigenvalue weighted by molar-refractivity contribution is 9.10. The van der Waals surface area contributed by atoms with Crippen molar-refractivity contribution in [1.29, 1.82) is 0 Å². The van der Waals surface area contributed by atoms with Crippen molar-refractivity contribution in [3.8, 4) is 0 Å². The number of hydrogen-bond donors (Lipinski definition) is 1. The van der Waals surface area contributed by atoms with Crippen LogP contribution in [0.5, 0.6) is 0 Å². The Kier molecular flexibility index (Phi) is 5.27. The molecular formula is C16H22BrFN2O. The Morgan fingerprint density at radius 2 is 2.14 bits per heavy atom. The number of piperidine rings is 1. The van der Waals surface area contributed by atoms with Gasteiger partial charge in [0, 0.05) is 19.6 Å². The molecule has 2 saturated heterocycles. The lowest BCUT2D eigenvalue weighted by Gasteiger charge is -2.36. The summed E-state index contributed by atoms with van der Waals surface area (Å²) in [6.07, 6.45) is 2.59. The van der Waals surface area contributed by atoms with Gasteiger partial charge in [-0.2, -0.15) is 0 Å². The van der Waals surface area contributed by atoms with Crippen molar-refractivity contribution in [1.82, 2.24) is 10.2 Å². The zero-order valence-electron chi connectivity index (χ0n) is 12.2. The largest absolute Gasteiger partial charge is 0.371 e. The van der Waals surface area contributed by atoms with Crippen LogP contribution >= 0.6 is 15.9 Å². The first-order chi connectivity index (χ1) is 10.2. The Labute approximate surface area is 134 Å². The van der Waals surface area contributed by atoms with E-state index in [-0.39, 0.29) is 11.9 Å². The number of benzene rings is 1. The summed E-state index contributed by atoms with van der Waals surface area (Å²) in [7, 11) is 0. The summed E-state index contributed by atoms with van der Waals surface area (Å²) in [5.74, 6) is 0.575. The van der Waals surface area contributed by atoms with E-state index in [2.05, 4.69) is 26.1 Å². The molecule has 2 heterocycles. The summed E-state index contributed by atoms with van der Waals surface area (Å²) in [6, 6.07) is 5.18. The van der Waals surface area contributed by atoms with Crippen LogP contribution in [0.15, 0.2) is 22.7 Å². The smallest absolute Gasteiger partial charge is 0.137 e. The molecule has 0 aliphatic carbocycles. The van der Waals surface area contributed by atoms with Crippen molar-refractivity contribution in [2.45, 2.75) is 18.9 Å². The van der Waals surface area contributed by atoms with Crippen LogP contribution in [-0.4, -0.2) is 44.2 Å². The van der Waals surface area contributed by atoms with Gasteiger partial charge in [-0.05, 0) is 65.5 Å². The maximum Gasteiger partial charge on any atom is 0.137 e. The molecule has 0 aromatic heterocycles. The summed E-state index contributed by atoms with van der Waals surface area (Å²) < 4.78 is 19.7. The fourth-order valence-corrected chi connectivity index (χ4v) is 3.61. The minimum absolute atomic E-state index is 0.0531. The average molecular weight is 357 g/mol. The molecule has 3 rings (SSSR count). The summed E-state index contributed by atoms with van der Waals surface area (Å²) in [5, 5.41) is 3.41. The van der Waals surface area contributed by atoms with Gasteiger partial charge in [-0.1, -0.05) is 6.07 Å². The second-order valence-corrected chi connectivity index (χ2v) is 6.84. The van der Waals surface area contributed by atoms with Crippen molar-refractivity contribution in [2.75, 3.05) is 39.3 Å². The van der Waals surface area contributed by atoms with Crippen molar-refractivity contribution in [2.24, 2.45) is 5.92 Å². The van der Waals surface area contributed by atoms with Crippen molar-refractivity contribution >= 4 is 15.9 Å². The number of morpholine rings is 1. The van der Waals surface area contributed by atoms with E-state index in [4.69, 9.17) is 4.74 Å². The number of nitrogens with zero attached hydrogens (tertiary/aromatic N) is 1. The molecule has 2 fully saturated rings. The van der Waals surface area contributed by atoms with Gasteiger partial charge >= 0.3 is 0 Å². The second kappa shape index (κ2) is 7.18. The van der Waals surface area contributed by atoms with E-state index in [0.29, 0.717) is 4.47 Å². The van der Waals surface area contributed by atoms with Crippen LogP contribution in [-0.2, 0) is 4.74 Å². The van der Waals surface area contributed by atoms with Gasteiger partial charge in [-0.25, -0.2) is 4.39 Å². The van der Waals surface area contributed by atoms with E-state index < -0.39 is 0 Å². The van der Waals surface area contributed by atoms with Crippen molar-refractivity contribution in [3.63, 3.8) is 0 Å². The highest BCUT2D eigenvalue weighted by Crippen LogP contribution is 2.27. The molecule has 1 aromatic rings. The third-order valence-corrected chi connectivity index (χ3v) is 5.05. The Bertz CT molecular complexity index is 479. The zero-order chi connectivity index (χ0) is 14.7. The van der Waals surface area contributed by atoms with Crippen LogP contribution < -0.4 is 5.32 Å². The van der Waals surface area contributed by atoms with E-state index in [1.807, 2.05) is 12.1 Å². The maximum atomic E-state index is 13.3. The Hall–Kier alpha value is -0.490. The zero-order valence-corrected chi connectivity index (χ0v) is 13.7. The Morgan fingerprint density at radius 1 is 1.33 bits per heavy atom. The molecule has 1 atom stereocenters. The van der Waals surface area contributed by atoms with Crippen LogP contribution in [0.4, 0.5) is 4.39 Å². The van der Waals surface area contributed by atoms with Crippen LogP contribution in [0, 0.1) is 11.7 Å². The van der Waals surface area contributed by atoms with Gasteiger partial charge in [0.25, 0.3) is 0 Å². The quantitative estimate of drug-likeness (QED) is 0.900. The summed E-state index contributed by atoms with van der Waals surface area (Å²) >= 11 is 3.26. The summed E-state index contributed by atoms with van der Waals surface area (Å²) in [6.45, 7) is 6.10. The normalized spacial score (nSPS) is 25.1. The fraction of sp³-hybridized carbons (Fsp3) is 0.625. The average Bonchev–Trinajstić information content (AvgIpc) is 2.51. The van der Waals surface area contributed by atoms with Gasteiger partial charge in [0.15, 0.2) is 0 Å². The van der Waals surface area contributed by atoms with Gasteiger partial charge < -0.3 is 10.1 Å². The first-order valence-corrected chi connectivity index (χ1v) is 8.51. The topological polar surface area (TPSA) is 24.5 Å². The van der Waals surface area contributed by atoms with Crippen LogP contribution in [0.1, 0.15) is 24.5 Å². The monoisotopic (exact) mass is 356 g/mol. The SMILES string of the molecule is Fc1ccc(C2CN(CC3CCNCC3)CCO2)cc1Br. The molecule has 1 N–H and O–H groups in total. The van der Waals surface area contributed by atoms with Crippen LogP contribution in [0.3, 0.4) is 0 Å². The molecule has 1 unspecified atom stereocenters. The minimum Gasteiger partial charge on any atom is -0.371 e. The molecular weight excluding hydrogens is 335 g/mol. The molecule has 0 saturated carbocycles. The molecule has 1 aromatic carbocycles. The molecule has 0 amide bonds. The highest BCUT2D eigenvalue weighted by Gasteiger charge is 2.25. The molecule has 2 aliphatic heterocycles. The number of ether oxygens (including phenoxy) is 1. The number of halogens is 2. The Morgan fingerprint density at radius 3 is 2.90 bits per heavy atom. The molecule has 2 aliphatic rings. The lowest BCUT2D eigenvalue weighted by atomic mass is 9.97. The number of nitrogens with one attached hydrogen (secondary N) is 1. The van der Waals surface area contributed by atoms with Gasteiger partial charge in [0.1, 0.15) is 5.82 Å². The van der Waals surface area contributed by atoms with Crippen LogP contribution in [0.2, 0.25) is 0 Å². The first kappa shape index (κ1) is 15.4. The van der Waals surface area contributed by atoms with Gasteiger partial charge in [-0.15, -0.1) is 0 Å². The standard InChI is InChI=1S/C16H22BrFN2O/c17-14-9-13(1-2-15(14)18)16-11-20(7-8-21-16)10-12-3-5-19-6-4-12/h1-2,9,12,16,19H,3-8,10-11H2. The number of rotatable bonds is 3. The third-order valence-electron chi connectivity index (χ3n) is 4.44. The summed E-state index contributed by atoms with van der Waals surface area (Å²) in [5.41, 5.74) is 1.05. The van der Waals surface area contributed by atoms with Gasteiger partial charge in [-0.3, -0.25) is 4.90 Å². The van der Waals surface area contributed by atoms with Crippen LogP contribution in [0.25, 0.3) is 0 Å². The lowest BCUT2D eigenvalue weighted by Crippen LogP contribution is -2.43. The van der Waals surface area contributed by atoms with E-state index in [1.54, 1.807) is 0 Å². The molecule has 21 heavy (non-hydrogen) atoms. The molecule has 3 nitrogen and oxygen atoms in total. The van der Waals surface area contributed by atoms with Crippen molar-refractivity contribution in [3.05, 3.63) is 34.1 Å². The lowest BCUT2D eigenvalue weighted by molar-refractivity contribution is -0.0357. The molecule has 0 bridgehead atoms. The van der Waals surface area contributed by atoms with E-state index >= 15 is 0 Å². The molecule has 0 radical (unpaired) electrons. The van der Waals surface area contributed by atoms with E-state index in [1.165, 1.54) is 18.9 Å². The van der Waals surface area contributed by atoms with E-state index in [9.17, 15) is 4.39 Å². The second-order valence-electron chi connectivity index (χ2n) is 5.99. The molecule has 0 spiro atoms. The minimum atomic E-state index is -0.221. The number of hydrogen-bond acceptors (Lipinski definition) is 3. The highest BCUT2D eigenvalue weighted by atomic mass is 79.9. The Balaban J connectivity index is 1.60. The summed E-state index contributed by atoms with van der Waals surface area (Å²) in [4.78, 5) is 2.50. The first-order valence-electron chi connectivity index (χ1n) is 7.72. The van der Waals surface area contributed by atoms with E-state index in [0.717, 1.165) is 50.8 Å². The molecule has 116 valence electrons. The predicted octanol–water partition coefficient (Wildman–Crippen LogP) is 2.96. The van der Waals surface area contributed by atoms with Crippen molar-refractivity contribution < 1.29 is 9.13 Å². The van der Waals surface area contributed by atoms with Gasteiger partial charge in [0.05, 0.1) is 17.2 Å². The fourth-order valence-electron chi connectivity index (χ4n) is 3.21. The third kappa shape index (κ3) is 4.03.